The summed E-state index contributed by atoms with van der Waals surface area (Å²) < 4.78 is 0. The molecular weight excluding hydrogens is 248 g/mol. The van der Waals surface area contributed by atoms with Gasteiger partial charge in [0.25, 0.3) is 0 Å². The summed E-state index contributed by atoms with van der Waals surface area (Å²) in [6, 6.07) is 5.66. The molecule has 2 aromatic rings. The molecule has 2 rings (SSSR count). The molecule has 0 aliphatic rings. The van der Waals surface area contributed by atoms with Gasteiger partial charge in [-0.15, -0.1) is 0 Å². The van der Waals surface area contributed by atoms with Crippen molar-refractivity contribution in [1.82, 2.24) is 14.9 Å². The third-order valence-corrected chi connectivity index (χ3v) is 3.29. The molecule has 0 unspecified atom stereocenters. The number of fused-ring (bicyclic) bond motifs is 1. The zero-order valence-electron chi connectivity index (χ0n) is 10.8. The number of benzene rings is 1. The van der Waals surface area contributed by atoms with Crippen LogP contribution in [0.4, 0.5) is 5.95 Å². The highest BCUT2D eigenvalue weighted by Crippen LogP contribution is 2.18. The Morgan fingerprint density at radius 3 is 2.83 bits per heavy atom. The van der Waals surface area contributed by atoms with Crippen LogP contribution in [0.1, 0.15) is 13.8 Å². The van der Waals surface area contributed by atoms with Crippen molar-refractivity contribution in [2.75, 3.05) is 31.5 Å². The maximum atomic E-state index is 5.94. The van der Waals surface area contributed by atoms with Crippen LogP contribution in [0.15, 0.2) is 18.2 Å². The highest BCUT2D eigenvalue weighted by molar-refractivity contribution is 6.31. The van der Waals surface area contributed by atoms with Crippen LogP contribution in [-0.4, -0.2) is 41.0 Å². The van der Waals surface area contributed by atoms with Crippen LogP contribution in [-0.2, 0) is 0 Å². The number of anilines is 1. The zero-order chi connectivity index (χ0) is 13.0. The van der Waals surface area contributed by atoms with Crippen LogP contribution in [0, 0.1) is 0 Å². The average molecular weight is 267 g/mol. The zero-order valence-corrected chi connectivity index (χ0v) is 11.6. The van der Waals surface area contributed by atoms with E-state index in [0.29, 0.717) is 0 Å². The molecule has 0 aliphatic carbocycles. The molecule has 1 heterocycles. The molecule has 1 aromatic carbocycles. The smallest absolute Gasteiger partial charge is 0.201 e. The van der Waals surface area contributed by atoms with Gasteiger partial charge in [0.2, 0.25) is 5.95 Å². The fourth-order valence-electron chi connectivity index (χ4n) is 1.94. The summed E-state index contributed by atoms with van der Waals surface area (Å²) in [5.41, 5.74) is 1.90. The predicted octanol–water partition coefficient (Wildman–Crippen LogP) is 2.97. The summed E-state index contributed by atoms with van der Waals surface area (Å²) >= 11 is 5.94. The summed E-state index contributed by atoms with van der Waals surface area (Å²) in [7, 11) is 0. The molecular formula is C13H19ClN4. The van der Waals surface area contributed by atoms with Gasteiger partial charge >= 0.3 is 0 Å². The summed E-state index contributed by atoms with van der Waals surface area (Å²) in [6.07, 6.45) is 0. The maximum Gasteiger partial charge on any atom is 0.201 e. The van der Waals surface area contributed by atoms with E-state index in [1.165, 1.54) is 0 Å². The number of nitrogens with one attached hydrogen (secondary N) is 2. The molecule has 4 nitrogen and oxygen atoms in total. The quantitative estimate of drug-likeness (QED) is 0.845. The minimum atomic E-state index is 0.723. The molecule has 0 saturated heterocycles. The largest absolute Gasteiger partial charge is 0.355 e. The first-order chi connectivity index (χ1) is 8.72. The van der Waals surface area contributed by atoms with Crippen molar-refractivity contribution in [3.63, 3.8) is 0 Å². The van der Waals surface area contributed by atoms with E-state index in [1.54, 1.807) is 0 Å². The number of H-pyrrole nitrogens is 1. The van der Waals surface area contributed by atoms with Gasteiger partial charge in [-0.1, -0.05) is 25.4 Å². The van der Waals surface area contributed by atoms with Crippen LogP contribution >= 0.6 is 11.6 Å². The molecule has 0 spiro atoms. The fourth-order valence-corrected chi connectivity index (χ4v) is 2.11. The van der Waals surface area contributed by atoms with Gasteiger partial charge in [-0.05, 0) is 31.3 Å². The molecule has 0 radical (unpaired) electrons. The van der Waals surface area contributed by atoms with Crippen LogP contribution in [0.3, 0.4) is 0 Å². The first-order valence-corrected chi connectivity index (χ1v) is 6.72. The van der Waals surface area contributed by atoms with Gasteiger partial charge in [-0.3, -0.25) is 0 Å². The van der Waals surface area contributed by atoms with Crippen molar-refractivity contribution in [1.29, 1.82) is 0 Å². The highest BCUT2D eigenvalue weighted by Gasteiger charge is 2.03. The van der Waals surface area contributed by atoms with Gasteiger partial charge in [0.15, 0.2) is 0 Å². The molecule has 0 amide bonds. The Morgan fingerprint density at radius 1 is 1.33 bits per heavy atom. The summed E-state index contributed by atoms with van der Waals surface area (Å²) in [4.78, 5) is 10.0. The molecule has 98 valence electrons. The topological polar surface area (TPSA) is 44.0 Å². The Balaban J connectivity index is 1.95. The fraction of sp³-hybridized carbons (Fsp3) is 0.462. The van der Waals surface area contributed by atoms with E-state index in [1.807, 2.05) is 18.2 Å². The van der Waals surface area contributed by atoms with Crippen molar-refractivity contribution in [2.45, 2.75) is 13.8 Å². The van der Waals surface area contributed by atoms with Gasteiger partial charge in [0, 0.05) is 18.1 Å². The molecule has 0 atom stereocenters. The van der Waals surface area contributed by atoms with Gasteiger partial charge < -0.3 is 15.2 Å². The van der Waals surface area contributed by atoms with E-state index < -0.39 is 0 Å². The number of rotatable bonds is 6. The number of likely N-dealkylation sites (N-methyl/N-ethyl adjacent to an activating group) is 1. The lowest BCUT2D eigenvalue weighted by atomic mass is 10.3. The first-order valence-electron chi connectivity index (χ1n) is 6.34. The van der Waals surface area contributed by atoms with Crippen LogP contribution in [0.2, 0.25) is 5.02 Å². The lowest BCUT2D eigenvalue weighted by molar-refractivity contribution is 0.316. The summed E-state index contributed by atoms with van der Waals surface area (Å²) in [6.45, 7) is 8.40. The van der Waals surface area contributed by atoms with E-state index in [2.05, 4.69) is 34.0 Å². The Bertz CT molecular complexity index is 505. The van der Waals surface area contributed by atoms with Crippen LogP contribution in [0.5, 0.6) is 0 Å². The second kappa shape index (κ2) is 6.07. The number of aromatic amines is 1. The molecule has 0 aliphatic heterocycles. The van der Waals surface area contributed by atoms with E-state index in [-0.39, 0.29) is 0 Å². The minimum Gasteiger partial charge on any atom is -0.355 e. The molecule has 0 saturated carbocycles. The van der Waals surface area contributed by atoms with Crippen molar-refractivity contribution < 1.29 is 0 Å². The Kier molecular flexibility index (Phi) is 4.44. The molecule has 2 N–H and O–H groups in total. The molecule has 5 heteroatoms. The molecule has 0 bridgehead atoms. The predicted molar refractivity (Wildman–Crippen MR) is 77.4 cm³/mol. The normalized spacial score (nSPS) is 11.3. The third kappa shape index (κ3) is 3.15. The van der Waals surface area contributed by atoms with Gasteiger partial charge in [0.05, 0.1) is 11.0 Å². The SMILES string of the molecule is CCN(CC)CCNc1nc2ccc(Cl)cc2[nH]1. The van der Waals surface area contributed by atoms with Crippen molar-refractivity contribution >= 4 is 28.6 Å². The van der Waals surface area contributed by atoms with Gasteiger partial charge in [-0.25, -0.2) is 4.98 Å². The second-order valence-corrected chi connectivity index (χ2v) is 4.64. The number of hydrogen-bond donors (Lipinski definition) is 2. The third-order valence-electron chi connectivity index (χ3n) is 3.06. The number of aromatic nitrogens is 2. The number of imidazole rings is 1. The summed E-state index contributed by atoms with van der Waals surface area (Å²) in [5, 5.41) is 4.02. The lowest BCUT2D eigenvalue weighted by Crippen LogP contribution is -2.28. The van der Waals surface area contributed by atoms with Gasteiger partial charge in [0.1, 0.15) is 0 Å². The molecule has 18 heavy (non-hydrogen) atoms. The Morgan fingerprint density at radius 2 is 2.11 bits per heavy atom. The monoisotopic (exact) mass is 266 g/mol. The maximum absolute atomic E-state index is 5.94. The van der Waals surface area contributed by atoms with E-state index in [0.717, 1.165) is 48.2 Å². The van der Waals surface area contributed by atoms with Crippen LogP contribution in [0.25, 0.3) is 11.0 Å². The number of hydrogen-bond acceptors (Lipinski definition) is 3. The van der Waals surface area contributed by atoms with Crippen molar-refractivity contribution in [3.05, 3.63) is 23.2 Å². The van der Waals surface area contributed by atoms with E-state index in [9.17, 15) is 0 Å². The second-order valence-electron chi connectivity index (χ2n) is 4.20. The number of nitrogens with zero attached hydrogens (tertiary/aromatic N) is 2. The highest BCUT2D eigenvalue weighted by atomic mass is 35.5. The molecule has 0 fully saturated rings. The van der Waals surface area contributed by atoms with Crippen molar-refractivity contribution in [3.8, 4) is 0 Å². The lowest BCUT2D eigenvalue weighted by Gasteiger charge is -2.17. The average Bonchev–Trinajstić information content (AvgIpc) is 2.76. The van der Waals surface area contributed by atoms with Gasteiger partial charge in [-0.2, -0.15) is 0 Å². The first kappa shape index (κ1) is 13.2. The Hall–Kier alpha value is -1.26. The van der Waals surface area contributed by atoms with E-state index >= 15 is 0 Å². The number of halogens is 1. The molecule has 1 aromatic heterocycles. The summed E-state index contributed by atoms with van der Waals surface area (Å²) in [5.74, 6) is 0.805. The standard InChI is InChI=1S/C13H19ClN4/c1-3-18(4-2)8-7-15-13-16-11-6-5-10(14)9-12(11)17-13/h5-6,9H,3-4,7-8H2,1-2H3,(H2,15,16,17). The van der Waals surface area contributed by atoms with Crippen molar-refractivity contribution in [2.24, 2.45) is 0 Å². The van der Waals surface area contributed by atoms with Crippen LogP contribution < -0.4 is 5.32 Å². The Labute approximate surface area is 112 Å². The minimum absolute atomic E-state index is 0.723. The van der Waals surface area contributed by atoms with E-state index in [4.69, 9.17) is 11.6 Å².